The lowest BCUT2D eigenvalue weighted by Gasteiger charge is -2.39. The molecule has 20 nitrogen and oxygen atoms in total. The Bertz CT molecular complexity index is 4300. The molecule has 28 heteroatoms. The summed E-state index contributed by atoms with van der Waals surface area (Å²) in [5.74, 6) is -2.10. The summed E-state index contributed by atoms with van der Waals surface area (Å²) in [6, 6.07) is 30.8. The maximum atomic E-state index is 14.6. The lowest BCUT2D eigenvalue weighted by atomic mass is 9.73. The van der Waals surface area contributed by atoms with Gasteiger partial charge in [0, 0.05) is 124 Å². The number of aryl methyl sites for hydroxylation is 1. The van der Waals surface area contributed by atoms with Gasteiger partial charge >= 0.3 is 5.51 Å². The number of allylic oxidation sites excluding steroid dienone is 1. The molecule has 4 aliphatic rings. The topological polar surface area (TPSA) is 251 Å². The number of nitrogens with one attached hydrogen (secondary N) is 4. The second-order valence-electron chi connectivity index (χ2n) is 29.7. The number of rotatable bonds is 28. The maximum Gasteiger partial charge on any atom is 0.501 e. The third-order valence-electron chi connectivity index (χ3n) is 20.2. The Balaban J connectivity index is 0.690. The predicted molar refractivity (Wildman–Crippen MR) is 407 cm³/mol. The number of thioether (sulfide) groups is 1. The van der Waals surface area contributed by atoms with Gasteiger partial charge in [0.25, 0.3) is 25.8 Å². The van der Waals surface area contributed by atoms with Crippen LogP contribution in [0.2, 0.25) is 5.02 Å². The van der Waals surface area contributed by atoms with Crippen LogP contribution in [0.25, 0.3) is 16.0 Å². The van der Waals surface area contributed by atoms with Crippen molar-refractivity contribution in [1.82, 2.24) is 39.9 Å². The summed E-state index contributed by atoms with van der Waals surface area (Å²) in [5.41, 5.74) is 2.51. The van der Waals surface area contributed by atoms with Crippen molar-refractivity contribution >= 4 is 101 Å². The van der Waals surface area contributed by atoms with Crippen LogP contribution in [0, 0.1) is 17.8 Å². The molecular formula is C77H96ClF3N10O10S4. The molecule has 0 saturated carbocycles. The van der Waals surface area contributed by atoms with Gasteiger partial charge in [-0.05, 0) is 152 Å². The molecule has 566 valence electrons. The van der Waals surface area contributed by atoms with E-state index in [1.807, 2.05) is 106 Å². The zero-order valence-corrected chi connectivity index (χ0v) is 64.5. The zero-order valence-electron chi connectivity index (χ0n) is 60.5. The van der Waals surface area contributed by atoms with E-state index in [2.05, 4.69) is 61.6 Å². The van der Waals surface area contributed by atoms with E-state index >= 15 is 0 Å². The third kappa shape index (κ3) is 21.1. The molecule has 3 fully saturated rings. The maximum absolute atomic E-state index is 14.6. The van der Waals surface area contributed by atoms with Crippen LogP contribution in [0.15, 0.2) is 147 Å². The molecule has 0 spiro atoms. The molecule has 1 aliphatic carbocycles. The average molecular weight is 1540 g/mol. The van der Waals surface area contributed by atoms with Gasteiger partial charge in [0.05, 0.1) is 38.8 Å². The number of hydrogen-bond donors (Lipinski definition) is 5. The summed E-state index contributed by atoms with van der Waals surface area (Å²) in [6.07, 6.45) is 4.33. The van der Waals surface area contributed by atoms with E-state index < -0.39 is 94.3 Å². The fraction of sp³-hybridized carbons (Fsp3) is 0.481. The highest BCUT2D eigenvalue weighted by molar-refractivity contribution is 7.99. The van der Waals surface area contributed by atoms with E-state index in [0.717, 1.165) is 83.3 Å². The molecule has 10 rings (SSSR count). The number of anilines is 2. The van der Waals surface area contributed by atoms with Gasteiger partial charge in [-0.25, -0.2) is 26.5 Å². The summed E-state index contributed by atoms with van der Waals surface area (Å²) in [7, 11) is -11.1. The number of likely N-dealkylation sites (tertiary alicyclic amines) is 1. The second-order valence-corrected chi connectivity index (χ2v) is 35.7. The summed E-state index contributed by atoms with van der Waals surface area (Å²) < 4.78 is 100. The highest BCUT2D eigenvalue weighted by Crippen LogP contribution is 2.44. The smallest absolute Gasteiger partial charge is 0.391 e. The molecule has 105 heavy (non-hydrogen) atoms. The second kappa shape index (κ2) is 34.7. The number of nitrogens with zero attached hydrogens (tertiary/aromatic N) is 6. The van der Waals surface area contributed by atoms with Crippen LogP contribution in [0.4, 0.5) is 24.5 Å². The van der Waals surface area contributed by atoms with Gasteiger partial charge in [-0.2, -0.15) is 13.2 Å². The van der Waals surface area contributed by atoms with Crippen LogP contribution in [0.5, 0.6) is 0 Å². The number of carbonyl (C=O) groups is 5. The van der Waals surface area contributed by atoms with Gasteiger partial charge < -0.3 is 35.8 Å². The number of aliphatic hydroxyl groups is 1. The number of thiazole rings is 1. The molecule has 5 atom stereocenters. The average Bonchev–Trinajstić information content (AvgIpc) is 0.849. The molecule has 3 aliphatic heterocycles. The number of benzene rings is 5. The van der Waals surface area contributed by atoms with E-state index in [-0.39, 0.29) is 54.4 Å². The van der Waals surface area contributed by atoms with Gasteiger partial charge in [-0.3, -0.25) is 33.8 Å². The van der Waals surface area contributed by atoms with Crippen LogP contribution >= 0.6 is 34.7 Å². The summed E-state index contributed by atoms with van der Waals surface area (Å²) >= 11 is 9.17. The number of alkyl halides is 3. The van der Waals surface area contributed by atoms with Crippen molar-refractivity contribution in [2.45, 2.75) is 163 Å². The molecule has 1 aromatic heterocycles. The number of amides is 5. The SMILES string of the molecule is Cc1ncsc1-c1ccc([C@H](C)NC(=O)[C@@H]2C[C@@H](O)CN2C(=O)[C@@H](NC(=O)CCCCCC(=O)N2CCN(CC[C@@H](CSc3ccccc3)Nc3ccc(S(=O)(=O)NC(=O)c4ccc(N5CCN(CC6=C(c7ccc(Cl)cc7)CCC(C)(C)C6)CC5)cc4)cc3S(=O)(=O)C(F)(F)F)CC2)C(C)(C)C)cc1. The quantitative estimate of drug-likeness (QED) is 0.0226. The van der Waals surface area contributed by atoms with Crippen molar-refractivity contribution < 1.29 is 59.1 Å². The number of hydrogen-bond acceptors (Lipinski definition) is 17. The number of halogens is 4. The lowest BCUT2D eigenvalue weighted by Crippen LogP contribution is -2.57. The van der Waals surface area contributed by atoms with E-state index in [1.165, 1.54) is 45.5 Å². The summed E-state index contributed by atoms with van der Waals surface area (Å²) in [6.45, 7) is 19.8. The van der Waals surface area contributed by atoms with Crippen LogP contribution in [-0.4, -0.2) is 184 Å². The molecule has 3 saturated heterocycles. The van der Waals surface area contributed by atoms with Crippen LogP contribution in [0.1, 0.15) is 139 Å². The Labute approximate surface area is 628 Å². The minimum atomic E-state index is -6.18. The number of aliphatic hydroxyl groups excluding tert-OH is 1. The van der Waals surface area contributed by atoms with E-state index in [9.17, 15) is 59.1 Å². The zero-order chi connectivity index (χ0) is 75.6. The van der Waals surface area contributed by atoms with Gasteiger partial charge in [0.15, 0.2) is 0 Å². The van der Waals surface area contributed by atoms with Crippen molar-refractivity contribution in [3.8, 4) is 10.4 Å². The van der Waals surface area contributed by atoms with Gasteiger partial charge in [0.2, 0.25) is 23.6 Å². The largest absolute Gasteiger partial charge is 0.501 e. The molecule has 0 bridgehead atoms. The van der Waals surface area contributed by atoms with Crippen LogP contribution in [0.3, 0.4) is 0 Å². The number of β-amino-alcohol motifs (C(OH)–C–C–N with tert-alkyl or cyclic N) is 1. The minimum Gasteiger partial charge on any atom is -0.391 e. The Morgan fingerprint density at radius 3 is 2.10 bits per heavy atom. The first-order chi connectivity index (χ1) is 49.7. The number of unbranched alkanes of at least 4 members (excludes halogenated alkanes) is 2. The Morgan fingerprint density at radius 2 is 1.45 bits per heavy atom. The molecule has 0 radical (unpaired) electrons. The number of piperazine rings is 2. The van der Waals surface area contributed by atoms with Crippen molar-refractivity contribution in [1.29, 1.82) is 0 Å². The Kier molecular flexibility index (Phi) is 26.5. The first-order valence-electron chi connectivity index (χ1n) is 35.8. The predicted octanol–water partition coefficient (Wildman–Crippen LogP) is 12.4. The molecule has 0 unspecified atom stereocenters. The van der Waals surface area contributed by atoms with Gasteiger partial charge in [-0.15, -0.1) is 23.1 Å². The summed E-state index contributed by atoms with van der Waals surface area (Å²) in [5, 5.41) is 20.4. The number of aromatic nitrogens is 1. The van der Waals surface area contributed by atoms with Gasteiger partial charge in [-0.1, -0.05) is 113 Å². The van der Waals surface area contributed by atoms with E-state index in [4.69, 9.17) is 11.6 Å². The third-order valence-corrected chi connectivity index (χ3v) is 25.4. The van der Waals surface area contributed by atoms with E-state index in [0.29, 0.717) is 82.6 Å². The minimum absolute atomic E-state index is 0.0422. The fourth-order valence-electron chi connectivity index (χ4n) is 14.0. The standard InChI is InChI=1S/C77H96ClF3N10O10S4/c1-51(53-18-20-55(21-19-53)70-52(2)82-50-103-70)83-73(96)66-44-61(92)48-91(66)74(97)71(75(3,4)5)85-68(93)16-12-9-13-17-69(94)90-42-36-87(37-43-90)35-33-59(49-102-62-14-10-8-11-15-62)84-65-31-30-63(45-67(65)104(98,99)77(79,80)81)105(100,101)86-72(95)56-24-28-60(29-25-56)89-40-38-88(39-41-89)47-57-46-76(6,7)34-32-64(57)54-22-26-58(78)27-23-54/h8,10-11,14-15,18-31,45,50-51,59,61,66,71,84,92H,9,12-13,16-17,32-44,46-49H2,1-7H3,(H,83,96)(H,85,93)(H,86,95)/t51-,59-,61+,66-,71+/m0/s1. The van der Waals surface area contributed by atoms with Crippen molar-refractivity contribution in [3.05, 3.63) is 160 Å². The number of sulfonamides is 1. The lowest BCUT2D eigenvalue weighted by molar-refractivity contribution is -0.144. The molecular weight excluding hydrogens is 1450 g/mol. The monoisotopic (exact) mass is 1540 g/mol. The van der Waals surface area contributed by atoms with Crippen molar-refractivity contribution in [3.63, 3.8) is 0 Å². The van der Waals surface area contributed by atoms with E-state index in [1.54, 1.807) is 33.9 Å². The highest BCUT2D eigenvalue weighted by atomic mass is 35.5. The van der Waals surface area contributed by atoms with Crippen molar-refractivity contribution in [2.24, 2.45) is 10.8 Å². The van der Waals surface area contributed by atoms with Crippen LogP contribution < -0.4 is 25.6 Å². The van der Waals surface area contributed by atoms with Gasteiger partial charge in [0.1, 0.15) is 17.0 Å². The molecule has 6 aromatic rings. The fourth-order valence-corrected chi connectivity index (χ4v) is 18.0. The molecule has 5 aromatic carbocycles. The molecule has 5 N–H and O–H groups in total. The molecule has 4 heterocycles. The summed E-state index contributed by atoms with van der Waals surface area (Å²) in [4.78, 5) is 82.6. The number of carbonyl (C=O) groups excluding carboxylic acids is 5. The number of sulfone groups is 1. The first-order valence-corrected chi connectivity index (χ1v) is 41.0. The van der Waals surface area contributed by atoms with Crippen molar-refractivity contribution in [2.75, 3.05) is 88.0 Å². The van der Waals surface area contributed by atoms with Crippen LogP contribution in [-0.2, 0) is 39.0 Å². The normalized spacial score (nSPS) is 18.7. The highest BCUT2D eigenvalue weighted by Gasteiger charge is 2.49. The molecule has 5 amide bonds. The first kappa shape index (κ1) is 80.2. The Hall–Kier alpha value is -7.37. The Morgan fingerprint density at radius 1 is 0.790 bits per heavy atom.